The Kier molecular flexibility index (Phi) is 6.26. The second-order valence-electron chi connectivity index (χ2n) is 7.53. The lowest BCUT2D eigenvalue weighted by Crippen LogP contribution is -2.50. The van der Waals surface area contributed by atoms with Crippen LogP contribution in [0.5, 0.6) is 0 Å². The Bertz CT molecular complexity index is 1250. The minimum atomic E-state index is -3.57. The molecule has 4 heterocycles. The third kappa shape index (κ3) is 4.38. The van der Waals surface area contributed by atoms with Crippen LogP contribution < -0.4 is 5.32 Å². The molecule has 0 aromatic carbocycles. The van der Waals surface area contributed by atoms with Gasteiger partial charge < -0.3 is 14.6 Å². The van der Waals surface area contributed by atoms with Crippen molar-refractivity contribution in [2.24, 2.45) is 0 Å². The van der Waals surface area contributed by atoms with Gasteiger partial charge in [-0.3, -0.25) is 9.59 Å². The minimum Gasteiger partial charge on any atom is -0.459 e. The van der Waals surface area contributed by atoms with E-state index in [0.717, 1.165) is 15.3 Å². The van der Waals surface area contributed by atoms with Crippen LogP contribution in [0.2, 0.25) is 0 Å². The molecule has 2 amide bonds. The van der Waals surface area contributed by atoms with Gasteiger partial charge in [-0.15, -0.1) is 22.7 Å². The Morgan fingerprint density at radius 3 is 2.38 bits per heavy atom. The maximum absolute atomic E-state index is 13.1. The van der Waals surface area contributed by atoms with Crippen LogP contribution in [-0.4, -0.2) is 55.6 Å². The van der Waals surface area contributed by atoms with Crippen molar-refractivity contribution >= 4 is 49.5 Å². The molecular formula is C21H23N3O5S3. The first-order valence-corrected chi connectivity index (χ1v) is 13.1. The molecular weight excluding hydrogens is 470 g/mol. The number of amides is 2. The zero-order valence-electron chi connectivity index (χ0n) is 17.9. The lowest BCUT2D eigenvalue weighted by molar-refractivity contribution is 0.0702. The standard InChI is InChI=1S/C21H23N3O5S3/c1-13-11-18(22-20(25)16-5-4-10-29-16)31-19(13)21(26)23-6-8-24(9-7-23)32(27,28)17-12-14(2)30-15(17)3/h4-5,10-12H,6-9H2,1-3H3,(H,22,25). The summed E-state index contributed by atoms with van der Waals surface area (Å²) in [6, 6.07) is 6.65. The zero-order chi connectivity index (χ0) is 23.0. The first-order chi connectivity index (χ1) is 15.2. The van der Waals surface area contributed by atoms with Crippen molar-refractivity contribution in [2.75, 3.05) is 31.5 Å². The number of rotatable bonds is 5. The molecule has 0 unspecified atom stereocenters. The van der Waals surface area contributed by atoms with Crippen LogP contribution >= 0.6 is 22.7 Å². The molecule has 1 aliphatic heterocycles. The van der Waals surface area contributed by atoms with Crippen molar-refractivity contribution in [2.45, 2.75) is 25.7 Å². The van der Waals surface area contributed by atoms with E-state index in [2.05, 4.69) is 5.32 Å². The average Bonchev–Trinajstić information content (AvgIpc) is 3.48. The fourth-order valence-electron chi connectivity index (χ4n) is 3.62. The zero-order valence-corrected chi connectivity index (χ0v) is 20.3. The van der Waals surface area contributed by atoms with Crippen LogP contribution in [0.25, 0.3) is 0 Å². The fourth-order valence-corrected chi connectivity index (χ4v) is 7.60. The molecule has 0 atom stereocenters. The van der Waals surface area contributed by atoms with E-state index in [1.165, 1.54) is 33.2 Å². The number of sulfonamides is 1. The number of nitrogens with zero attached hydrogens (tertiary/aromatic N) is 2. The van der Waals surface area contributed by atoms with Gasteiger partial charge in [0.1, 0.15) is 0 Å². The molecule has 1 aliphatic rings. The summed E-state index contributed by atoms with van der Waals surface area (Å²) in [5.41, 5.74) is 0.758. The van der Waals surface area contributed by atoms with E-state index in [9.17, 15) is 18.0 Å². The van der Waals surface area contributed by atoms with E-state index in [1.54, 1.807) is 29.2 Å². The summed E-state index contributed by atoms with van der Waals surface area (Å²) in [5, 5.41) is 3.30. The molecule has 1 fully saturated rings. The summed E-state index contributed by atoms with van der Waals surface area (Å²) in [4.78, 5) is 29.5. The Hall–Kier alpha value is -2.47. The number of carbonyl (C=O) groups excluding carboxylic acids is 2. The molecule has 3 aromatic heterocycles. The highest BCUT2D eigenvalue weighted by Crippen LogP contribution is 2.30. The van der Waals surface area contributed by atoms with Crippen molar-refractivity contribution < 1.29 is 22.4 Å². The SMILES string of the molecule is Cc1cc(S(=O)(=O)N2CCN(C(=O)c3sc(NC(=O)c4ccco4)cc3C)CC2)c(C)s1. The highest BCUT2D eigenvalue weighted by Gasteiger charge is 2.33. The van der Waals surface area contributed by atoms with Crippen molar-refractivity contribution in [3.8, 4) is 0 Å². The molecule has 32 heavy (non-hydrogen) atoms. The number of hydrogen-bond acceptors (Lipinski definition) is 7. The minimum absolute atomic E-state index is 0.161. The molecule has 11 heteroatoms. The summed E-state index contributed by atoms with van der Waals surface area (Å²) < 4.78 is 32.6. The second kappa shape index (κ2) is 8.81. The molecule has 0 saturated carbocycles. The highest BCUT2D eigenvalue weighted by atomic mass is 32.2. The number of anilines is 1. The molecule has 0 radical (unpaired) electrons. The smallest absolute Gasteiger partial charge is 0.291 e. The normalized spacial score (nSPS) is 15.2. The molecule has 1 saturated heterocycles. The number of aryl methyl sites for hydroxylation is 3. The summed E-state index contributed by atoms with van der Waals surface area (Å²) in [7, 11) is -3.57. The van der Waals surface area contributed by atoms with Crippen LogP contribution in [0, 0.1) is 20.8 Å². The van der Waals surface area contributed by atoms with E-state index < -0.39 is 10.0 Å². The van der Waals surface area contributed by atoms with Gasteiger partial charge in [-0.2, -0.15) is 4.31 Å². The molecule has 0 aliphatic carbocycles. The highest BCUT2D eigenvalue weighted by molar-refractivity contribution is 7.89. The van der Waals surface area contributed by atoms with E-state index in [0.29, 0.717) is 27.9 Å². The van der Waals surface area contributed by atoms with Gasteiger partial charge in [0.2, 0.25) is 10.0 Å². The van der Waals surface area contributed by atoms with Crippen LogP contribution in [0.3, 0.4) is 0 Å². The number of nitrogens with one attached hydrogen (secondary N) is 1. The van der Waals surface area contributed by atoms with Gasteiger partial charge in [-0.05, 0) is 50.6 Å². The average molecular weight is 494 g/mol. The van der Waals surface area contributed by atoms with Crippen LogP contribution in [0.15, 0.2) is 39.8 Å². The van der Waals surface area contributed by atoms with Gasteiger partial charge >= 0.3 is 0 Å². The number of furan rings is 1. The number of carbonyl (C=O) groups is 2. The van der Waals surface area contributed by atoms with E-state index in [-0.39, 0.29) is 30.7 Å². The van der Waals surface area contributed by atoms with Gasteiger partial charge in [-0.1, -0.05) is 0 Å². The van der Waals surface area contributed by atoms with Gasteiger partial charge in [0.05, 0.1) is 21.0 Å². The molecule has 3 aromatic rings. The summed E-state index contributed by atoms with van der Waals surface area (Å²) in [6.07, 6.45) is 1.42. The molecule has 0 bridgehead atoms. The van der Waals surface area contributed by atoms with Crippen molar-refractivity contribution in [1.82, 2.24) is 9.21 Å². The van der Waals surface area contributed by atoms with E-state index >= 15 is 0 Å². The predicted octanol–water partition coefficient (Wildman–Crippen LogP) is 3.73. The fraction of sp³-hybridized carbons (Fsp3) is 0.333. The maximum atomic E-state index is 13.1. The first-order valence-electron chi connectivity index (χ1n) is 9.98. The maximum Gasteiger partial charge on any atom is 0.291 e. The van der Waals surface area contributed by atoms with E-state index in [1.807, 2.05) is 20.8 Å². The monoisotopic (exact) mass is 493 g/mol. The number of hydrogen-bond donors (Lipinski definition) is 1. The summed E-state index contributed by atoms with van der Waals surface area (Å²) in [6.45, 7) is 6.63. The van der Waals surface area contributed by atoms with Crippen LogP contribution in [0.4, 0.5) is 5.00 Å². The van der Waals surface area contributed by atoms with Gasteiger partial charge in [0.15, 0.2) is 5.76 Å². The van der Waals surface area contributed by atoms with Gasteiger partial charge in [0.25, 0.3) is 11.8 Å². The second-order valence-corrected chi connectivity index (χ2v) is 11.9. The van der Waals surface area contributed by atoms with Crippen molar-refractivity contribution in [3.05, 3.63) is 56.5 Å². The molecule has 170 valence electrons. The molecule has 4 rings (SSSR count). The Morgan fingerprint density at radius 1 is 1.06 bits per heavy atom. The van der Waals surface area contributed by atoms with Crippen LogP contribution in [0.1, 0.15) is 35.5 Å². The van der Waals surface area contributed by atoms with Crippen molar-refractivity contribution in [1.29, 1.82) is 0 Å². The topological polar surface area (TPSA) is 99.9 Å². The van der Waals surface area contributed by atoms with Crippen LogP contribution in [-0.2, 0) is 10.0 Å². The predicted molar refractivity (Wildman–Crippen MR) is 124 cm³/mol. The Labute approximate surface area is 194 Å². The lowest BCUT2D eigenvalue weighted by atomic mass is 10.2. The van der Waals surface area contributed by atoms with E-state index in [4.69, 9.17) is 4.42 Å². The third-order valence-electron chi connectivity index (χ3n) is 5.23. The Balaban J connectivity index is 1.42. The largest absolute Gasteiger partial charge is 0.459 e. The molecule has 1 N–H and O–H groups in total. The number of piperazine rings is 1. The molecule has 8 nitrogen and oxygen atoms in total. The summed E-state index contributed by atoms with van der Waals surface area (Å²) in [5.74, 6) is -0.351. The quantitative estimate of drug-likeness (QED) is 0.584. The third-order valence-corrected chi connectivity index (χ3v) is 9.49. The Morgan fingerprint density at radius 2 is 1.78 bits per heavy atom. The number of thiophene rings is 2. The first kappa shape index (κ1) is 22.7. The summed E-state index contributed by atoms with van der Waals surface area (Å²) >= 11 is 2.66. The van der Waals surface area contributed by atoms with Gasteiger partial charge in [-0.25, -0.2) is 8.42 Å². The van der Waals surface area contributed by atoms with Gasteiger partial charge in [0, 0.05) is 35.9 Å². The molecule has 0 spiro atoms. The lowest BCUT2D eigenvalue weighted by Gasteiger charge is -2.33. The van der Waals surface area contributed by atoms with Crippen molar-refractivity contribution in [3.63, 3.8) is 0 Å².